The van der Waals surface area contributed by atoms with Crippen LogP contribution in [0, 0.1) is 5.82 Å². The lowest BCUT2D eigenvalue weighted by atomic mass is 10.0. The van der Waals surface area contributed by atoms with Gasteiger partial charge in [-0.3, -0.25) is 0 Å². The van der Waals surface area contributed by atoms with Crippen LogP contribution in [0.5, 0.6) is 0 Å². The first kappa shape index (κ1) is 12.4. The fourth-order valence-electron chi connectivity index (χ4n) is 1.21. The number of halogens is 1. The third kappa shape index (κ3) is 2.90. The third-order valence-electron chi connectivity index (χ3n) is 2.03. The van der Waals surface area contributed by atoms with Crippen LogP contribution in [0.25, 0.3) is 0 Å². The lowest BCUT2D eigenvalue weighted by Gasteiger charge is -2.12. The lowest BCUT2D eigenvalue weighted by molar-refractivity contribution is -0.139. The van der Waals surface area contributed by atoms with E-state index in [0.717, 1.165) is 6.07 Å². The van der Waals surface area contributed by atoms with Crippen LogP contribution in [0.4, 0.5) is 4.39 Å². The van der Waals surface area contributed by atoms with E-state index in [1.165, 1.54) is 18.2 Å². The second-order valence-corrected chi connectivity index (χ2v) is 3.20. The highest BCUT2D eigenvalue weighted by atomic mass is 19.1. The Balaban J connectivity index is 2.82. The number of carbonyl (C=O) groups is 1. The van der Waals surface area contributed by atoms with Gasteiger partial charge in [0.05, 0.1) is 12.2 Å². The van der Waals surface area contributed by atoms with Crippen LogP contribution >= 0.6 is 0 Å². The second kappa shape index (κ2) is 5.42. The molecule has 0 heterocycles. The highest BCUT2D eigenvalue weighted by Gasteiger charge is 2.19. The number of carbonyl (C=O) groups excluding carboxylic acids is 1. The molecule has 1 aromatic carbocycles. The quantitative estimate of drug-likeness (QED) is 0.628. The molecule has 86 valence electrons. The van der Waals surface area contributed by atoms with Crippen LogP contribution in [0.15, 0.2) is 36.4 Å². The number of rotatable bonds is 4. The Morgan fingerprint density at radius 1 is 1.62 bits per heavy atom. The van der Waals surface area contributed by atoms with Crippen molar-refractivity contribution in [2.75, 3.05) is 6.61 Å². The van der Waals surface area contributed by atoms with E-state index < -0.39 is 17.9 Å². The molecule has 0 saturated heterocycles. The molecule has 0 spiro atoms. The Labute approximate surface area is 93.2 Å². The van der Waals surface area contributed by atoms with Crippen molar-refractivity contribution in [3.63, 3.8) is 0 Å². The molecule has 0 aliphatic carbocycles. The first-order valence-electron chi connectivity index (χ1n) is 4.85. The predicted molar refractivity (Wildman–Crippen MR) is 57.1 cm³/mol. The summed E-state index contributed by atoms with van der Waals surface area (Å²) >= 11 is 0. The van der Waals surface area contributed by atoms with Crippen LogP contribution in [-0.2, 0) is 9.53 Å². The van der Waals surface area contributed by atoms with Crippen molar-refractivity contribution < 1.29 is 19.0 Å². The lowest BCUT2D eigenvalue weighted by Crippen LogP contribution is -2.13. The average molecular weight is 224 g/mol. The van der Waals surface area contributed by atoms with Gasteiger partial charge < -0.3 is 9.84 Å². The molecule has 1 N–H and O–H groups in total. The highest BCUT2D eigenvalue weighted by Crippen LogP contribution is 2.21. The van der Waals surface area contributed by atoms with E-state index in [9.17, 15) is 14.3 Å². The highest BCUT2D eigenvalue weighted by molar-refractivity contribution is 5.89. The number of aliphatic hydroxyl groups excluding tert-OH is 1. The minimum Gasteiger partial charge on any atom is -0.463 e. The van der Waals surface area contributed by atoms with Gasteiger partial charge in [-0.15, -0.1) is 0 Å². The summed E-state index contributed by atoms with van der Waals surface area (Å²) in [6, 6.07) is 5.36. The van der Waals surface area contributed by atoms with Gasteiger partial charge in [0.25, 0.3) is 0 Å². The maximum absolute atomic E-state index is 12.9. The fourth-order valence-corrected chi connectivity index (χ4v) is 1.21. The number of hydrogen-bond donors (Lipinski definition) is 1. The topological polar surface area (TPSA) is 46.5 Å². The predicted octanol–water partition coefficient (Wildman–Crippen LogP) is 1.98. The normalized spacial score (nSPS) is 11.9. The molecule has 0 aliphatic heterocycles. The second-order valence-electron chi connectivity index (χ2n) is 3.20. The van der Waals surface area contributed by atoms with Crippen molar-refractivity contribution in [3.05, 3.63) is 47.8 Å². The summed E-state index contributed by atoms with van der Waals surface area (Å²) in [6.07, 6.45) is -1.24. The summed E-state index contributed by atoms with van der Waals surface area (Å²) in [7, 11) is 0. The molecule has 1 aromatic rings. The van der Waals surface area contributed by atoms with E-state index >= 15 is 0 Å². The standard InChI is InChI=1S/C12H13FO3/c1-3-16-12(15)8(2)11(14)9-5-4-6-10(13)7-9/h4-7,11,14H,2-3H2,1H3. The van der Waals surface area contributed by atoms with Gasteiger partial charge in [0.15, 0.2) is 0 Å². The zero-order valence-corrected chi connectivity index (χ0v) is 8.94. The largest absolute Gasteiger partial charge is 0.463 e. The Morgan fingerprint density at radius 3 is 2.88 bits per heavy atom. The molecule has 0 saturated carbocycles. The van der Waals surface area contributed by atoms with Gasteiger partial charge in [-0.05, 0) is 24.6 Å². The van der Waals surface area contributed by atoms with Crippen LogP contribution < -0.4 is 0 Å². The van der Waals surface area contributed by atoms with Gasteiger partial charge in [-0.1, -0.05) is 18.7 Å². The summed E-state index contributed by atoms with van der Waals surface area (Å²) in [5.74, 6) is -1.16. The van der Waals surface area contributed by atoms with E-state index in [-0.39, 0.29) is 17.7 Å². The van der Waals surface area contributed by atoms with Gasteiger partial charge in [0.1, 0.15) is 11.9 Å². The Kier molecular flexibility index (Phi) is 4.19. The molecule has 0 bridgehead atoms. The molecule has 0 amide bonds. The van der Waals surface area contributed by atoms with E-state index in [4.69, 9.17) is 0 Å². The molecule has 4 heteroatoms. The van der Waals surface area contributed by atoms with Crippen molar-refractivity contribution in [2.24, 2.45) is 0 Å². The van der Waals surface area contributed by atoms with Gasteiger partial charge in [-0.25, -0.2) is 9.18 Å². The van der Waals surface area contributed by atoms with Crippen LogP contribution in [0.1, 0.15) is 18.6 Å². The van der Waals surface area contributed by atoms with Crippen LogP contribution in [0.3, 0.4) is 0 Å². The van der Waals surface area contributed by atoms with Gasteiger partial charge in [-0.2, -0.15) is 0 Å². The van der Waals surface area contributed by atoms with Crippen molar-refractivity contribution >= 4 is 5.97 Å². The number of ether oxygens (including phenoxy) is 1. The number of aliphatic hydroxyl groups is 1. The molecule has 16 heavy (non-hydrogen) atoms. The zero-order chi connectivity index (χ0) is 12.1. The van der Waals surface area contributed by atoms with Crippen molar-refractivity contribution in [1.29, 1.82) is 0 Å². The summed E-state index contributed by atoms with van der Waals surface area (Å²) < 4.78 is 17.6. The fraction of sp³-hybridized carbons (Fsp3) is 0.250. The summed E-state index contributed by atoms with van der Waals surface area (Å²) in [4.78, 5) is 11.3. The minimum absolute atomic E-state index is 0.104. The molecule has 1 unspecified atom stereocenters. The van der Waals surface area contributed by atoms with Crippen LogP contribution in [0.2, 0.25) is 0 Å². The molecule has 0 fully saturated rings. The molecule has 3 nitrogen and oxygen atoms in total. The monoisotopic (exact) mass is 224 g/mol. The minimum atomic E-state index is -1.24. The van der Waals surface area contributed by atoms with E-state index in [0.29, 0.717) is 0 Å². The average Bonchev–Trinajstić information content (AvgIpc) is 2.27. The maximum Gasteiger partial charge on any atom is 0.336 e. The molecule has 0 aromatic heterocycles. The molecule has 1 atom stereocenters. The Hall–Kier alpha value is -1.68. The van der Waals surface area contributed by atoms with Gasteiger partial charge in [0.2, 0.25) is 0 Å². The first-order chi connectivity index (χ1) is 7.56. The van der Waals surface area contributed by atoms with Crippen molar-refractivity contribution in [1.82, 2.24) is 0 Å². The Morgan fingerprint density at radius 2 is 2.31 bits per heavy atom. The van der Waals surface area contributed by atoms with Gasteiger partial charge >= 0.3 is 5.97 Å². The number of benzene rings is 1. The molecular weight excluding hydrogens is 211 g/mol. The van der Waals surface area contributed by atoms with E-state index in [1.54, 1.807) is 6.92 Å². The maximum atomic E-state index is 12.9. The number of hydrogen-bond acceptors (Lipinski definition) is 3. The zero-order valence-electron chi connectivity index (χ0n) is 8.94. The smallest absolute Gasteiger partial charge is 0.336 e. The molecule has 0 aliphatic rings. The van der Waals surface area contributed by atoms with Crippen molar-refractivity contribution in [2.45, 2.75) is 13.0 Å². The Bertz CT molecular complexity index is 401. The SMILES string of the molecule is C=C(C(=O)OCC)C(O)c1cccc(F)c1. The van der Waals surface area contributed by atoms with Crippen LogP contribution in [-0.4, -0.2) is 17.7 Å². The summed E-state index contributed by atoms with van der Waals surface area (Å²) in [6.45, 7) is 5.29. The van der Waals surface area contributed by atoms with Crippen molar-refractivity contribution in [3.8, 4) is 0 Å². The van der Waals surface area contributed by atoms with E-state index in [2.05, 4.69) is 11.3 Å². The third-order valence-corrected chi connectivity index (χ3v) is 2.03. The molecule has 0 radical (unpaired) electrons. The summed E-state index contributed by atoms with van der Waals surface area (Å²) in [5.41, 5.74) is 0.172. The summed E-state index contributed by atoms with van der Waals surface area (Å²) in [5, 5.41) is 9.74. The first-order valence-corrected chi connectivity index (χ1v) is 4.85. The number of esters is 1. The molecule has 1 rings (SSSR count). The van der Waals surface area contributed by atoms with Gasteiger partial charge in [0, 0.05) is 0 Å². The molecular formula is C12H13FO3. The van der Waals surface area contributed by atoms with E-state index in [1.807, 2.05) is 0 Å².